The summed E-state index contributed by atoms with van der Waals surface area (Å²) in [5, 5.41) is 9.04. The van der Waals surface area contributed by atoms with Crippen molar-refractivity contribution in [1.82, 2.24) is 0 Å². The normalized spacial score (nSPS) is 13.2. The smallest absolute Gasteiger partial charge is 0.294 e. The van der Waals surface area contributed by atoms with Crippen molar-refractivity contribution >= 4 is 10.1 Å². The molecule has 0 saturated heterocycles. The summed E-state index contributed by atoms with van der Waals surface area (Å²) in [6.45, 7) is 10.6. The Morgan fingerprint density at radius 1 is 1.22 bits per heavy atom. The lowest BCUT2D eigenvalue weighted by Gasteiger charge is -2.24. The van der Waals surface area contributed by atoms with Gasteiger partial charge in [0.2, 0.25) is 0 Å². The summed E-state index contributed by atoms with van der Waals surface area (Å²) in [4.78, 5) is -0.0666. The zero-order valence-electron chi connectivity index (χ0n) is 14.7. The van der Waals surface area contributed by atoms with Gasteiger partial charge in [-0.25, -0.2) is 0 Å². The first-order valence-corrected chi connectivity index (χ1v) is 9.28. The molecule has 0 aliphatic carbocycles. The molecule has 0 bridgehead atoms. The fraction of sp³-hybridized carbons (Fsp3) is 0.647. The minimum absolute atomic E-state index is 0.0242. The number of hydrogen-bond donors (Lipinski definition) is 2. The van der Waals surface area contributed by atoms with Gasteiger partial charge >= 0.3 is 0 Å². The number of benzene rings is 1. The minimum atomic E-state index is -4.02. The van der Waals surface area contributed by atoms with Crippen molar-refractivity contribution in [3.63, 3.8) is 0 Å². The molecule has 0 radical (unpaired) electrons. The maximum Gasteiger partial charge on any atom is 0.294 e. The van der Waals surface area contributed by atoms with Crippen LogP contribution in [0.1, 0.15) is 52.5 Å². The number of hydrogen-bond acceptors (Lipinski definition) is 4. The van der Waals surface area contributed by atoms with Crippen LogP contribution in [0, 0.1) is 6.92 Å². The van der Waals surface area contributed by atoms with Gasteiger partial charge in [-0.1, -0.05) is 17.7 Å². The largest absolute Gasteiger partial charge is 0.393 e. The van der Waals surface area contributed by atoms with Gasteiger partial charge in [-0.2, -0.15) is 8.42 Å². The van der Waals surface area contributed by atoms with E-state index in [1.807, 2.05) is 20.8 Å². The Bertz CT molecular complexity index is 533. The van der Waals surface area contributed by atoms with Crippen LogP contribution < -0.4 is 0 Å². The van der Waals surface area contributed by atoms with Crippen molar-refractivity contribution in [2.24, 2.45) is 0 Å². The van der Waals surface area contributed by atoms with Crippen LogP contribution in [0.3, 0.4) is 0 Å². The Morgan fingerprint density at radius 3 is 2.13 bits per heavy atom. The molecule has 0 aromatic heterocycles. The van der Waals surface area contributed by atoms with Crippen molar-refractivity contribution in [3.8, 4) is 0 Å². The summed E-state index contributed by atoms with van der Waals surface area (Å²) < 4.78 is 35.1. The highest BCUT2D eigenvalue weighted by molar-refractivity contribution is 7.85. The molecule has 0 amide bonds. The molecule has 1 atom stereocenters. The maximum atomic E-state index is 10.5. The Hall–Kier alpha value is -0.950. The lowest BCUT2D eigenvalue weighted by atomic mass is 10.00. The molecule has 1 aromatic rings. The molecule has 134 valence electrons. The molecule has 1 aromatic carbocycles. The number of ether oxygens (including phenoxy) is 1. The first-order valence-electron chi connectivity index (χ1n) is 7.84. The zero-order valence-corrected chi connectivity index (χ0v) is 15.6. The quantitative estimate of drug-likeness (QED) is 0.737. The number of aryl methyl sites for hydroxylation is 1. The Morgan fingerprint density at radius 2 is 1.74 bits per heavy atom. The van der Waals surface area contributed by atoms with Gasteiger partial charge in [-0.05, 0) is 66.0 Å². The predicted octanol–water partition coefficient (Wildman–Crippen LogP) is 3.59. The van der Waals surface area contributed by atoms with Crippen LogP contribution in [0.25, 0.3) is 0 Å². The van der Waals surface area contributed by atoms with E-state index in [0.29, 0.717) is 0 Å². The van der Waals surface area contributed by atoms with Crippen molar-refractivity contribution in [2.45, 2.75) is 70.5 Å². The van der Waals surface area contributed by atoms with E-state index >= 15 is 0 Å². The molecule has 5 nitrogen and oxygen atoms in total. The zero-order chi connectivity index (χ0) is 18.1. The molecule has 0 heterocycles. The van der Waals surface area contributed by atoms with E-state index in [1.54, 1.807) is 12.1 Å². The van der Waals surface area contributed by atoms with E-state index < -0.39 is 10.1 Å². The van der Waals surface area contributed by atoms with Crippen LogP contribution in [0.15, 0.2) is 29.2 Å². The van der Waals surface area contributed by atoms with E-state index in [0.717, 1.165) is 31.4 Å². The van der Waals surface area contributed by atoms with E-state index in [4.69, 9.17) is 14.4 Å². The molecule has 6 heteroatoms. The molecule has 0 aliphatic heterocycles. The van der Waals surface area contributed by atoms with Gasteiger partial charge in [0.15, 0.2) is 0 Å². The molecule has 0 fully saturated rings. The van der Waals surface area contributed by atoms with Gasteiger partial charge in [0.25, 0.3) is 10.1 Å². The van der Waals surface area contributed by atoms with Crippen LogP contribution in [-0.2, 0) is 14.9 Å². The van der Waals surface area contributed by atoms with Gasteiger partial charge in [-0.3, -0.25) is 4.55 Å². The highest BCUT2D eigenvalue weighted by Crippen LogP contribution is 2.18. The lowest BCUT2D eigenvalue weighted by molar-refractivity contribution is -0.0193. The molecule has 1 unspecified atom stereocenters. The molecule has 0 aliphatic rings. The highest BCUT2D eigenvalue weighted by Gasteiger charge is 2.16. The average molecular weight is 346 g/mol. The van der Waals surface area contributed by atoms with E-state index in [9.17, 15) is 8.42 Å². The van der Waals surface area contributed by atoms with E-state index in [1.165, 1.54) is 12.1 Å². The Balaban J connectivity index is 0.000000422. The van der Waals surface area contributed by atoms with E-state index in [2.05, 4.69) is 13.8 Å². The van der Waals surface area contributed by atoms with Gasteiger partial charge < -0.3 is 9.84 Å². The maximum absolute atomic E-state index is 10.5. The second-order valence-corrected chi connectivity index (χ2v) is 7.64. The third-order valence-electron chi connectivity index (χ3n) is 3.25. The molecule has 23 heavy (non-hydrogen) atoms. The SMILES string of the molecule is CCOC(C)(C)CCCC(C)O.Cc1ccc(S(=O)(=O)O)cc1. The highest BCUT2D eigenvalue weighted by atomic mass is 32.2. The molecule has 1 rings (SSSR count). The summed E-state index contributed by atoms with van der Waals surface area (Å²) in [5.41, 5.74) is 0.932. The van der Waals surface area contributed by atoms with Crippen LogP contribution in [0.4, 0.5) is 0 Å². The standard InChI is InChI=1S/C10H22O2.C7H8O3S/c1-5-12-10(3,4)8-6-7-9(2)11;1-6-2-4-7(5-3-6)11(8,9)10/h9,11H,5-8H2,1-4H3;2-5H,1H3,(H,8,9,10). The Labute approximate surface area is 140 Å². The summed E-state index contributed by atoms with van der Waals surface area (Å²) in [5.74, 6) is 0. The number of aliphatic hydroxyl groups is 1. The van der Waals surface area contributed by atoms with Gasteiger partial charge in [0.05, 0.1) is 16.6 Å². The fourth-order valence-corrected chi connectivity index (χ4v) is 2.48. The molecule has 0 saturated carbocycles. The first-order chi connectivity index (χ1) is 10.5. The third kappa shape index (κ3) is 11.3. The van der Waals surface area contributed by atoms with Crippen molar-refractivity contribution in [1.29, 1.82) is 0 Å². The fourth-order valence-electron chi connectivity index (χ4n) is 2.00. The monoisotopic (exact) mass is 346 g/mol. The van der Waals surface area contributed by atoms with Crippen LogP contribution in [0.2, 0.25) is 0 Å². The van der Waals surface area contributed by atoms with Gasteiger partial charge in [-0.15, -0.1) is 0 Å². The molecular weight excluding hydrogens is 316 g/mol. The average Bonchev–Trinajstić information content (AvgIpc) is 2.38. The third-order valence-corrected chi connectivity index (χ3v) is 4.12. The van der Waals surface area contributed by atoms with Crippen molar-refractivity contribution < 1.29 is 22.8 Å². The second kappa shape index (κ2) is 10.0. The van der Waals surface area contributed by atoms with Gasteiger partial charge in [0, 0.05) is 6.61 Å². The lowest BCUT2D eigenvalue weighted by Crippen LogP contribution is -2.24. The number of aliphatic hydroxyl groups excluding tert-OH is 1. The molecule has 2 N–H and O–H groups in total. The van der Waals surface area contributed by atoms with Crippen molar-refractivity contribution in [2.75, 3.05) is 6.61 Å². The number of rotatable bonds is 7. The van der Waals surface area contributed by atoms with Crippen molar-refractivity contribution in [3.05, 3.63) is 29.8 Å². The summed E-state index contributed by atoms with van der Waals surface area (Å²) in [6.07, 6.45) is 2.75. The summed E-state index contributed by atoms with van der Waals surface area (Å²) >= 11 is 0. The molecular formula is C17H30O5S. The van der Waals surface area contributed by atoms with Crippen LogP contribution in [0.5, 0.6) is 0 Å². The second-order valence-electron chi connectivity index (χ2n) is 6.22. The van der Waals surface area contributed by atoms with E-state index in [-0.39, 0.29) is 16.6 Å². The summed E-state index contributed by atoms with van der Waals surface area (Å²) in [7, 11) is -4.02. The summed E-state index contributed by atoms with van der Waals surface area (Å²) in [6, 6.07) is 5.99. The predicted molar refractivity (Wildman–Crippen MR) is 92.2 cm³/mol. The molecule has 0 spiro atoms. The topological polar surface area (TPSA) is 83.8 Å². The van der Waals surface area contributed by atoms with Crippen LogP contribution in [-0.4, -0.2) is 36.4 Å². The van der Waals surface area contributed by atoms with Crippen LogP contribution >= 0.6 is 0 Å². The minimum Gasteiger partial charge on any atom is -0.393 e. The Kier molecular flexibility index (Phi) is 9.61. The first kappa shape index (κ1) is 22.1. The van der Waals surface area contributed by atoms with Gasteiger partial charge in [0.1, 0.15) is 0 Å².